The second-order valence-corrected chi connectivity index (χ2v) is 7.51. The first-order valence-corrected chi connectivity index (χ1v) is 8.85. The Morgan fingerprint density at radius 3 is 2.05 bits per heavy atom. The lowest BCUT2D eigenvalue weighted by atomic mass is 9.97. The monoisotopic (exact) mass is 362 g/mol. The molecule has 0 amide bonds. The van der Waals surface area contributed by atoms with Gasteiger partial charge in [0, 0.05) is 30.0 Å². The van der Waals surface area contributed by atoms with E-state index in [2.05, 4.69) is 82.7 Å². The average Bonchev–Trinajstić information content (AvgIpc) is 2.94. The largest absolute Gasteiger partial charge is 0.134 e. The summed E-state index contributed by atoms with van der Waals surface area (Å²) in [5, 5.41) is 8.13. The Labute approximate surface area is 140 Å². The van der Waals surface area contributed by atoms with E-state index in [1.807, 2.05) is 11.3 Å². The molecular weight excluding hydrogens is 352 g/mol. The maximum atomic E-state index is 3.60. The lowest BCUT2D eigenvalue weighted by molar-refractivity contribution is 1.77. The van der Waals surface area contributed by atoms with Crippen molar-refractivity contribution in [1.29, 1.82) is 0 Å². The molecule has 5 aromatic rings. The maximum absolute atomic E-state index is 3.60. The molecule has 1 heterocycles. The van der Waals surface area contributed by atoms with Crippen LogP contribution in [0.4, 0.5) is 0 Å². The molecule has 5 rings (SSSR count). The van der Waals surface area contributed by atoms with Crippen LogP contribution in [0.3, 0.4) is 0 Å². The first kappa shape index (κ1) is 12.6. The Balaban J connectivity index is 2.21. The summed E-state index contributed by atoms with van der Waals surface area (Å²) in [6, 6.07) is 24.1. The number of hydrogen-bond acceptors (Lipinski definition) is 1. The minimum Gasteiger partial charge on any atom is -0.134 e. The van der Waals surface area contributed by atoms with Crippen molar-refractivity contribution in [3.63, 3.8) is 0 Å². The Hall–Kier alpha value is -1.90. The van der Waals surface area contributed by atoms with Crippen LogP contribution in [0.2, 0.25) is 0 Å². The lowest BCUT2D eigenvalue weighted by Gasteiger charge is -2.06. The van der Waals surface area contributed by atoms with Gasteiger partial charge >= 0.3 is 0 Å². The maximum Gasteiger partial charge on any atom is 0.0440 e. The molecular formula is C20H11BrS. The molecule has 0 saturated heterocycles. The number of fused-ring (bicyclic) bond motifs is 8. The number of benzene rings is 4. The van der Waals surface area contributed by atoms with Gasteiger partial charge in [-0.25, -0.2) is 0 Å². The fourth-order valence-electron chi connectivity index (χ4n) is 3.38. The third-order valence-corrected chi connectivity index (χ3v) is 5.99. The van der Waals surface area contributed by atoms with Crippen molar-refractivity contribution in [2.24, 2.45) is 0 Å². The van der Waals surface area contributed by atoms with Crippen molar-refractivity contribution in [2.75, 3.05) is 0 Å². The van der Waals surface area contributed by atoms with Crippen LogP contribution in [0.1, 0.15) is 0 Å². The smallest absolute Gasteiger partial charge is 0.0440 e. The van der Waals surface area contributed by atoms with E-state index in [4.69, 9.17) is 0 Å². The lowest BCUT2D eigenvalue weighted by Crippen LogP contribution is -1.79. The Kier molecular flexibility index (Phi) is 2.61. The minimum atomic E-state index is 1.14. The van der Waals surface area contributed by atoms with Gasteiger partial charge in [-0.15, -0.1) is 11.3 Å². The highest BCUT2D eigenvalue weighted by Gasteiger charge is 2.13. The number of hydrogen-bond donors (Lipinski definition) is 0. The van der Waals surface area contributed by atoms with Gasteiger partial charge in [-0.2, -0.15) is 0 Å². The highest BCUT2D eigenvalue weighted by atomic mass is 79.9. The van der Waals surface area contributed by atoms with Crippen molar-refractivity contribution < 1.29 is 0 Å². The van der Waals surface area contributed by atoms with Crippen LogP contribution in [0.25, 0.3) is 41.7 Å². The zero-order chi connectivity index (χ0) is 14.7. The van der Waals surface area contributed by atoms with Crippen molar-refractivity contribution in [2.45, 2.75) is 0 Å². The molecule has 22 heavy (non-hydrogen) atoms. The Morgan fingerprint density at radius 2 is 1.27 bits per heavy atom. The van der Waals surface area contributed by atoms with Crippen LogP contribution in [0, 0.1) is 0 Å². The quantitative estimate of drug-likeness (QED) is 0.257. The summed E-state index contributed by atoms with van der Waals surface area (Å²) in [4.78, 5) is 0. The third kappa shape index (κ3) is 1.62. The topological polar surface area (TPSA) is 0 Å². The van der Waals surface area contributed by atoms with Crippen LogP contribution < -0.4 is 0 Å². The molecule has 0 N–H and O–H groups in total. The van der Waals surface area contributed by atoms with Crippen molar-refractivity contribution in [3.8, 4) is 0 Å². The van der Waals surface area contributed by atoms with Crippen LogP contribution in [-0.4, -0.2) is 0 Å². The van der Waals surface area contributed by atoms with Gasteiger partial charge in [-0.05, 0) is 28.3 Å². The molecule has 0 unspecified atom stereocenters. The normalized spacial score (nSPS) is 11.9. The second kappa shape index (κ2) is 4.55. The summed E-state index contributed by atoms with van der Waals surface area (Å²) in [6.07, 6.45) is 0. The molecule has 4 aromatic carbocycles. The molecule has 1 aromatic heterocycles. The third-order valence-electron chi connectivity index (χ3n) is 4.31. The van der Waals surface area contributed by atoms with E-state index >= 15 is 0 Å². The van der Waals surface area contributed by atoms with Gasteiger partial charge in [-0.3, -0.25) is 0 Å². The van der Waals surface area contributed by atoms with Crippen molar-refractivity contribution >= 4 is 69.0 Å². The van der Waals surface area contributed by atoms with Crippen molar-refractivity contribution in [3.05, 3.63) is 71.2 Å². The Bertz CT molecular complexity index is 1180. The summed E-state index contributed by atoms with van der Waals surface area (Å²) in [5.74, 6) is 0. The standard InChI is InChI=1S/C20H11BrS/c21-12-9-10-17-18(11-12)22-20-16-8-4-2-6-14(16)13-5-1-3-7-15(13)19(17)20/h1-11H. The van der Waals surface area contributed by atoms with Crippen LogP contribution in [-0.2, 0) is 0 Å². The van der Waals surface area contributed by atoms with E-state index in [-0.39, 0.29) is 0 Å². The van der Waals surface area contributed by atoms with Crippen molar-refractivity contribution in [1.82, 2.24) is 0 Å². The average molecular weight is 363 g/mol. The van der Waals surface area contributed by atoms with E-state index in [1.54, 1.807) is 0 Å². The van der Waals surface area contributed by atoms with Gasteiger partial charge in [0.2, 0.25) is 0 Å². The second-order valence-electron chi connectivity index (χ2n) is 5.54. The molecule has 0 aliphatic carbocycles. The molecule has 2 heteroatoms. The summed E-state index contributed by atoms with van der Waals surface area (Å²) >= 11 is 5.49. The molecule has 0 nitrogen and oxygen atoms in total. The highest BCUT2D eigenvalue weighted by Crippen LogP contribution is 2.44. The highest BCUT2D eigenvalue weighted by molar-refractivity contribution is 9.10. The summed E-state index contributed by atoms with van der Waals surface area (Å²) < 4.78 is 3.87. The van der Waals surface area contributed by atoms with E-state index in [0.717, 1.165) is 4.47 Å². The van der Waals surface area contributed by atoms with Gasteiger partial charge in [0.1, 0.15) is 0 Å². The molecule has 0 aliphatic rings. The van der Waals surface area contributed by atoms with E-state index in [1.165, 1.54) is 41.7 Å². The van der Waals surface area contributed by atoms with Gasteiger partial charge in [0.25, 0.3) is 0 Å². The molecule has 0 spiro atoms. The molecule has 0 aliphatic heterocycles. The van der Waals surface area contributed by atoms with E-state index in [0.29, 0.717) is 0 Å². The van der Waals surface area contributed by atoms with Gasteiger partial charge in [0.05, 0.1) is 0 Å². The fraction of sp³-hybridized carbons (Fsp3) is 0. The molecule has 0 radical (unpaired) electrons. The fourth-order valence-corrected chi connectivity index (χ4v) is 5.19. The summed E-state index contributed by atoms with van der Waals surface area (Å²) in [7, 11) is 0. The van der Waals surface area contributed by atoms with E-state index in [9.17, 15) is 0 Å². The van der Waals surface area contributed by atoms with Gasteiger partial charge < -0.3 is 0 Å². The van der Waals surface area contributed by atoms with Crippen LogP contribution in [0.5, 0.6) is 0 Å². The Morgan fingerprint density at radius 1 is 0.636 bits per heavy atom. The van der Waals surface area contributed by atoms with Gasteiger partial charge in [0.15, 0.2) is 0 Å². The first-order chi connectivity index (χ1) is 10.8. The number of halogens is 1. The molecule has 0 bridgehead atoms. The zero-order valence-electron chi connectivity index (χ0n) is 11.6. The molecule has 0 fully saturated rings. The first-order valence-electron chi connectivity index (χ1n) is 7.24. The SMILES string of the molecule is Brc1ccc2c(c1)sc1c3ccccc3c3ccccc3c21. The summed E-state index contributed by atoms with van der Waals surface area (Å²) in [6.45, 7) is 0. The summed E-state index contributed by atoms with van der Waals surface area (Å²) in [5.41, 5.74) is 0. The predicted octanol–water partition coefficient (Wildman–Crippen LogP) is 7.12. The zero-order valence-corrected chi connectivity index (χ0v) is 14.0. The molecule has 0 saturated carbocycles. The van der Waals surface area contributed by atoms with E-state index < -0.39 is 0 Å². The number of thiophene rings is 1. The van der Waals surface area contributed by atoms with Gasteiger partial charge in [-0.1, -0.05) is 70.5 Å². The molecule has 0 atom stereocenters. The van der Waals surface area contributed by atoms with Crippen LogP contribution >= 0.6 is 27.3 Å². The van der Waals surface area contributed by atoms with Crippen LogP contribution in [0.15, 0.2) is 71.2 Å². The molecule has 104 valence electrons. The predicted molar refractivity (Wildman–Crippen MR) is 102 cm³/mol. The number of rotatable bonds is 0. The minimum absolute atomic E-state index is 1.14.